The second-order valence-corrected chi connectivity index (χ2v) is 37.8. The Morgan fingerprint density at radius 1 is 0.377 bits per heavy atom. The first kappa shape index (κ1) is 117. The van der Waals surface area contributed by atoms with Gasteiger partial charge in [-0.2, -0.15) is 0 Å². The number of alkyl halides is 4. The number of benzene rings is 4. The number of allylic oxidation sites excluding steroid dienone is 3. The van der Waals surface area contributed by atoms with Crippen LogP contribution in [-0.2, 0) is 81.2 Å². The van der Waals surface area contributed by atoms with Gasteiger partial charge in [0.1, 0.15) is 54.4 Å². The van der Waals surface area contributed by atoms with Crippen LogP contribution in [0, 0.1) is 52.3 Å². The number of methoxy groups -OCH3 is 6. The highest BCUT2D eigenvalue weighted by Crippen LogP contribution is 2.59. The Morgan fingerprint density at radius 3 is 1.01 bits per heavy atom. The molecule has 4 aromatic carbocycles. The Balaban J connectivity index is 0.000000242. The number of hydrogen-bond acceptors (Lipinski definition) is 25. The van der Waals surface area contributed by atoms with Crippen LogP contribution in [0.4, 0.5) is 17.6 Å². The number of ether oxygens (including phenoxy) is 6. The minimum atomic E-state index is -2.69. The van der Waals surface area contributed by atoms with E-state index in [1.54, 1.807) is 34.3 Å². The zero-order valence-electron chi connectivity index (χ0n) is 83.2. The molecular weight excluding hydrogens is 1780 g/mol. The SMILES string of the molecule is C=C1CCC[C@H]([C@H](NC)C(=O)OC)C1.CN[C@H](C(=O)O)[C@H]1CCCC(F)(F)C1.CN[C@H](C(=O)O)[C@H]1CCCC2(CC2)C1.CN[C@H](C(=O)OC)[C@H]1CCCC(=O)C1.CN[C@H](C(=O)OC)[C@H]1CCCC(F)(F)C1.CN[C@H](C(=O)OC)[C@H]1CCCC2(CC2)C1.COC(=O)CN=C(c1ccccc1)c1ccccc1.COC(=O)[C@@H](N=C(c1ccccc1)c1ccccc1)[C@H]1CCCC(=O)C1.O=C1C=CCCC1. The summed E-state index contributed by atoms with van der Waals surface area (Å²) in [7, 11) is 18.5. The third kappa shape index (κ3) is 39.6. The number of nitrogens with one attached hydrogen (secondary N) is 6. The lowest BCUT2D eigenvalue weighted by molar-refractivity contribution is -0.147. The fourth-order valence-electron chi connectivity index (χ4n) is 20.3. The van der Waals surface area contributed by atoms with Crippen molar-refractivity contribution in [3.8, 4) is 0 Å². The van der Waals surface area contributed by atoms with Gasteiger partial charge in [0.2, 0.25) is 11.8 Å². The van der Waals surface area contributed by atoms with E-state index in [1.807, 2.05) is 134 Å². The molecule has 10 aliphatic rings. The number of carbonyl (C=O) groups is 11. The predicted molar refractivity (Wildman–Crippen MR) is 524 cm³/mol. The summed E-state index contributed by atoms with van der Waals surface area (Å²) in [5.74, 6) is -7.61. The van der Waals surface area contributed by atoms with Crippen molar-refractivity contribution < 1.29 is 109 Å². The van der Waals surface area contributed by atoms with Crippen molar-refractivity contribution in [3.05, 3.63) is 168 Å². The molecule has 0 aliphatic heterocycles. The molecule has 9 saturated carbocycles. The average Bonchev–Trinajstić information content (AvgIpc) is 1.63. The Hall–Kier alpha value is -10.1. The second kappa shape index (κ2) is 60.8. The van der Waals surface area contributed by atoms with Crippen LogP contribution in [0.1, 0.15) is 247 Å². The summed E-state index contributed by atoms with van der Waals surface area (Å²) in [4.78, 5) is 134. The normalized spacial score (nSPS) is 23.0. The molecule has 0 bridgehead atoms. The third-order valence-electron chi connectivity index (χ3n) is 28.0. The zero-order chi connectivity index (χ0) is 101. The predicted octanol–water partition coefficient (Wildman–Crippen LogP) is 16.2. The van der Waals surface area contributed by atoms with Crippen LogP contribution in [0.5, 0.6) is 0 Å². The fourth-order valence-corrected chi connectivity index (χ4v) is 20.3. The number of aliphatic carboxylic acids is 2. The van der Waals surface area contributed by atoms with Gasteiger partial charge in [0.15, 0.2) is 11.8 Å². The van der Waals surface area contributed by atoms with Gasteiger partial charge >= 0.3 is 47.8 Å². The summed E-state index contributed by atoms with van der Waals surface area (Å²) in [5, 5.41) is 35.2. The minimum absolute atomic E-state index is 0.0234. The number of carboxylic acids is 2. The van der Waals surface area contributed by atoms with Gasteiger partial charge in [-0.15, -0.1) is 0 Å². The number of nitrogens with zero attached hydrogens (tertiary/aromatic N) is 2. The first-order valence-corrected chi connectivity index (χ1v) is 49.0. The summed E-state index contributed by atoms with van der Waals surface area (Å²) in [6, 6.07) is 36.2. The molecule has 27 nitrogen and oxygen atoms in total. The standard InChI is InChI=1S/C22H23NO3.C16H15NO2.C12H21NO2.2C11H19NO2.C10H17F2NO2.C10H17NO3.C9H15F2NO2.C6H8O/c1-26-22(25)21(18-13-8-14-19(24)15-18)23-20(16-9-4-2-5-10-16)17-11-6-3-7-12-17;1-19-15(18)12-17-16(13-8-4-2-5-9-13)14-10-6-3-7-11-14;1-13-10(11(14)15-2)9-4-3-5-12(8-9)6-7-12;1-12-9(10(13)14)8-3-2-4-11(7-8)5-6-11;1-8-5-4-6-9(7-8)10(12-2)11(13)14-3;1-13-8(9(14)15-2)7-4-3-5-10(11,12)6-7;1-11-9(10(13)14-2)7-4-3-5-8(12)6-7;1-12-7(8(13)14)6-3-2-4-9(10,11)5-6;7-6-4-2-1-3-5-6/h2-7,9-12,18,21H,8,13-15H2,1H3;2-11H,12H2,1H3;9-10,13H,3-8H2,1-2H3;8-9,12H,2-7H2,1H3,(H,13,14);9-10,12H,1,4-7H2,2-3H3;7-8,13H,3-6H2,1-2H3;7,9,11H,3-6H2,1-2H3;6-7,12H,2-5H2,1H3,(H,13,14);2,4H,1,3,5H2/t18-,21-;;9-,10-;8-,9-;9-,10-;7-,8-;7-,9-;6-,7-;/m0.000000./s1. The Bertz CT molecular complexity index is 4330. The van der Waals surface area contributed by atoms with Crippen LogP contribution in [-0.4, -0.2) is 232 Å². The van der Waals surface area contributed by atoms with Crippen LogP contribution < -0.4 is 31.9 Å². The molecule has 0 aromatic heterocycles. The maximum Gasteiger partial charge on any atom is 0.330 e. The van der Waals surface area contributed by atoms with E-state index in [0.29, 0.717) is 80.0 Å². The van der Waals surface area contributed by atoms with Gasteiger partial charge in [-0.25, -0.2) is 22.4 Å². The number of ketones is 3. The van der Waals surface area contributed by atoms with Crippen LogP contribution in [0.25, 0.3) is 0 Å². The van der Waals surface area contributed by atoms with E-state index in [0.717, 1.165) is 117 Å². The Labute approximate surface area is 813 Å². The molecule has 0 heterocycles. The maximum atomic E-state index is 13.1. The molecule has 2 spiro atoms. The van der Waals surface area contributed by atoms with Crippen LogP contribution >= 0.6 is 0 Å². The van der Waals surface area contributed by atoms with Crippen molar-refractivity contribution in [2.45, 2.75) is 279 Å². The Morgan fingerprint density at radius 2 is 0.696 bits per heavy atom. The fraction of sp³-hybridized carbons (Fsp3) is 0.617. The first-order chi connectivity index (χ1) is 66.1. The molecular formula is C107H154F4N8O19. The summed E-state index contributed by atoms with van der Waals surface area (Å²) < 4.78 is 80.8. The minimum Gasteiger partial charge on any atom is -0.480 e. The van der Waals surface area contributed by atoms with E-state index >= 15 is 0 Å². The summed E-state index contributed by atoms with van der Waals surface area (Å²) in [6.07, 6.45) is 32.9. The highest BCUT2D eigenvalue weighted by molar-refractivity contribution is 6.14. The topological polar surface area (TPSA) is 381 Å². The number of hydrogen-bond donors (Lipinski definition) is 8. The van der Waals surface area contributed by atoms with Gasteiger partial charge in [0, 0.05) is 80.0 Å². The number of aliphatic imine (C=N–C) groups is 2. The molecule has 0 saturated heterocycles. The monoisotopic (exact) mass is 1930 g/mol. The summed E-state index contributed by atoms with van der Waals surface area (Å²) >= 11 is 0. The molecule has 14 rings (SSSR count). The second-order valence-electron chi connectivity index (χ2n) is 37.8. The highest BCUT2D eigenvalue weighted by Gasteiger charge is 2.50. The van der Waals surface area contributed by atoms with Crippen molar-refractivity contribution in [1.82, 2.24) is 31.9 Å². The molecule has 0 radical (unpaired) electrons. The quantitative estimate of drug-likeness (QED) is 0.00903. The Kier molecular flexibility index (Phi) is 51.4. The molecule has 0 amide bonds. The number of rotatable bonds is 27. The van der Waals surface area contributed by atoms with Crippen molar-refractivity contribution in [2.75, 3.05) is 91.5 Å². The molecule has 764 valence electrons. The largest absolute Gasteiger partial charge is 0.480 e. The number of carboxylic acid groups (broad SMARTS) is 2. The van der Waals surface area contributed by atoms with Crippen molar-refractivity contribution >= 4 is 76.5 Å². The van der Waals surface area contributed by atoms with Gasteiger partial charge in [0.25, 0.3) is 0 Å². The number of halogens is 4. The molecule has 10 aliphatic carbocycles. The lowest BCUT2D eigenvalue weighted by atomic mass is 9.76. The summed E-state index contributed by atoms with van der Waals surface area (Å²) in [5.41, 5.74) is 7.83. The number of Topliss-reactive ketones (excluding diaryl/α,β-unsaturated/α-hetero) is 2. The number of likely N-dealkylation sites (N-methyl/N-ethyl adjacent to an activating group) is 6. The van der Waals surface area contributed by atoms with Crippen LogP contribution in [0.2, 0.25) is 0 Å². The molecule has 8 N–H and O–H groups in total. The van der Waals surface area contributed by atoms with E-state index in [2.05, 4.69) is 57.7 Å². The van der Waals surface area contributed by atoms with E-state index in [9.17, 15) is 70.3 Å². The molecule has 4 aromatic rings. The summed E-state index contributed by atoms with van der Waals surface area (Å²) in [6.45, 7) is 4.01. The molecule has 31 heteroatoms. The molecule has 14 atom stereocenters. The van der Waals surface area contributed by atoms with Gasteiger partial charge in [-0.05, 0) is 255 Å². The zero-order valence-corrected chi connectivity index (χ0v) is 83.2. The third-order valence-corrected chi connectivity index (χ3v) is 28.0. The van der Waals surface area contributed by atoms with Gasteiger partial charge in [-0.1, -0.05) is 152 Å². The maximum absolute atomic E-state index is 13.1. The van der Waals surface area contributed by atoms with Crippen LogP contribution in [0.15, 0.2) is 156 Å². The van der Waals surface area contributed by atoms with Gasteiger partial charge in [0.05, 0.1) is 54.1 Å². The lowest BCUT2D eigenvalue weighted by Gasteiger charge is -2.33. The average molecular weight is 1930 g/mol. The van der Waals surface area contributed by atoms with Crippen molar-refractivity contribution in [2.24, 2.45) is 62.2 Å². The first-order valence-electron chi connectivity index (χ1n) is 49.0. The number of carbonyl (C=O) groups excluding carboxylic acids is 9. The van der Waals surface area contributed by atoms with Gasteiger partial charge < -0.3 is 70.5 Å². The molecule has 138 heavy (non-hydrogen) atoms. The molecule has 9 fully saturated rings. The van der Waals surface area contributed by atoms with Crippen LogP contribution in [0.3, 0.4) is 0 Å². The van der Waals surface area contributed by atoms with Crippen molar-refractivity contribution in [3.63, 3.8) is 0 Å². The highest BCUT2D eigenvalue weighted by atomic mass is 19.3. The van der Waals surface area contributed by atoms with Crippen molar-refractivity contribution in [1.29, 1.82) is 0 Å². The van der Waals surface area contributed by atoms with E-state index in [-0.39, 0.29) is 121 Å². The van der Waals surface area contributed by atoms with E-state index in [4.69, 9.17) is 29.4 Å². The molecule has 0 unspecified atom stereocenters. The van der Waals surface area contributed by atoms with E-state index in [1.165, 1.54) is 119 Å². The number of esters is 6. The van der Waals surface area contributed by atoms with E-state index < -0.39 is 53.8 Å². The smallest absolute Gasteiger partial charge is 0.330 e. The lowest BCUT2D eigenvalue weighted by Crippen LogP contribution is -2.45. The van der Waals surface area contributed by atoms with Gasteiger partial charge in [-0.3, -0.25) is 57.9 Å².